The van der Waals surface area contributed by atoms with Gasteiger partial charge in [0, 0.05) is 10.5 Å². The van der Waals surface area contributed by atoms with E-state index in [4.69, 9.17) is 0 Å². The zero-order valence-electron chi connectivity index (χ0n) is 13.4. The van der Waals surface area contributed by atoms with Crippen molar-refractivity contribution in [3.63, 3.8) is 0 Å². The Morgan fingerprint density at radius 2 is 1.78 bits per heavy atom. The molecule has 0 aromatic heterocycles. The summed E-state index contributed by atoms with van der Waals surface area (Å²) < 4.78 is 0.974. The third-order valence-corrected chi connectivity index (χ3v) is 4.17. The number of hydrogen-bond donors (Lipinski definition) is 2. The number of rotatable bonds is 6. The Kier molecular flexibility index (Phi) is 6.56. The Morgan fingerprint density at radius 3 is 2.43 bits per heavy atom. The predicted octanol–water partition coefficient (Wildman–Crippen LogP) is 2.46. The second kappa shape index (κ2) is 8.65. The van der Waals surface area contributed by atoms with E-state index in [1.807, 2.05) is 60.7 Å². The van der Waals surface area contributed by atoms with Crippen molar-refractivity contribution in [3.05, 3.63) is 76.3 Å². The highest BCUT2D eigenvalue weighted by atomic mass is 79.9. The van der Waals surface area contributed by atoms with E-state index >= 15 is 0 Å². The number of nitrogens with one attached hydrogen (secondary N) is 2. The van der Waals surface area contributed by atoms with Crippen LogP contribution in [0.1, 0.15) is 17.2 Å². The van der Waals surface area contributed by atoms with Gasteiger partial charge in [0.25, 0.3) is 0 Å². The monoisotopic (exact) mass is 373 g/mol. The lowest BCUT2D eigenvalue weighted by Crippen LogP contribution is -3.06. The van der Waals surface area contributed by atoms with Crippen LogP contribution in [-0.4, -0.2) is 26.5 Å². The highest BCUT2D eigenvalue weighted by Gasteiger charge is 2.16. The highest BCUT2D eigenvalue weighted by molar-refractivity contribution is 9.10. The number of quaternary nitrogens is 1. The number of carbonyl (C=O) groups excluding carboxylic acids is 1. The molecule has 0 bridgehead atoms. The molecule has 4 heteroatoms. The molecule has 0 fully saturated rings. The third-order valence-electron chi connectivity index (χ3n) is 3.45. The number of carbonyl (C=O) groups is 1. The average Bonchev–Trinajstić information content (AvgIpc) is 2.54. The first kappa shape index (κ1) is 17.4. The fraction of sp³-hybridized carbons (Fsp3) is 0.211. The molecule has 0 aliphatic carbocycles. The summed E-state index contributed by atoms with van der Waals surface area (Å²) in [5.41, 5.74) is 2.11. The van der Waals surface area contributed by atoms with Gasteiger partial charge in [0.1, 0.15) is 12.6 Å². The summed E-state index contributed by atoms with van der Waals surface area (Å²) in [7, 11) is 4.16. The van der Waals surface area contributed by atoms with Crippen molar-refractivity contribution in [1.82, 2.24) is 5.32 Å². The molecule has 2 rings (SSSR count). The summed E-state index contributed by atoms with van der Waals surface area (Å²) in [5.74, 6) is -0.0872. The minimum absolute atomic E-state index is 0.00226. The molecule has 1 amide bonds. The SMILES string of the molecule is C[NH+](C)C[C@H](NC(=O)/C=C/c1ccccc1Br)c1ccccc1. The standard InChI is InChI=1S/C19H21BrN2O/c1-22(2)14-18(16-9-4-3-5-10-16)21-19(23)13-12-15-8-6-7-11-17(15)20/h3-13,18H,14H2,1-2H3,(H,21,23)/p+1/b13-12+/t18-/m0/s1. The number of amides is 1. The summed E-state index contributed by atoms with van der Waals surface area (Å²) in [4.78, 5) is 13.6. The van der Waals surface area contributed by atoms with Crippen LogP contribution in [0.15, 0.2) is 65.1 Å². The van der Waals surface area contributed by atoms with Crippen molar-refractivity contribution in [2.45, 2.75) is 6.04 Å². The molecule has 2 aromatic rings. The summed E-state index contributed by atoms with van der Waals surface area (Å²) in [5, 5.41) is 3.09. The van der Waals surface area contributed by atoms with Crippen molar-refractivity contribution in [2.24, 2.45) is 0 Å². The maximum absolute atomic E-state index is 12.3. The van der Waals surface area contributed by atoms with Crippen molar-refractivity contribution < 1.29 is 9.69 Å². The average molecular weight is 374 g/mol. The fourth-order valence-electron chi connectivity index (χ4n) is 2.34. The van der Waals surface area contributed by atoms with Crippen LogP contribution in [-0.2, 0) is 4.79 Å². The fourth-order valence-corrected chi connectivity index (χ4v) is 2.76. The van der Waals surface area contributed by atoms with Gasteiger partial charge in [0.15, 0.2) is 0 Å². The van der Waals surface area contributed by atoms with E-state index in [-0.39, 0.29) is 11.9 Å². The minimum Gasteiger partial charge on any atom is -0.340 e. The summed E-state index contributed by atoms with van der Waals surface area (Å²) in [6.07, 6.45) is 3.41. The largest absolute Gasteiger partial charge is 0.340 e. The van der Waals surface area contributed by atoms with Crippen molar-refractivity contribution >= 4 is 27.9 Å². The quantitative estimate of drug-likeness (QED) is 0.749. The van der Waals surface area contributed by atoms with Gasteiger partial charge in [-0.1, -0.05) is 64.5 Å². The maximum atomic E-state index is 12.3. The van der Waals surface area contributed by atoms with Crippen LogP contribution in [0.25, 0.3) is 6.08 Å². The molecule has 1 atom stereocenters. The third kappa shape index (κ3) is 5.66. The Labute approximate surface area is 146 Å². The van der Waals surface area contributed by atoms with Crippen LogP contribution in [0, 0.1) is 0 Å². The molecule has 0 spiro atoms. The second-order valence-electron chi connectivity index (χ2n) is 5.74. The smallest absolute Gasteiger partial charge is 0.244 e. The topological polar surface area (TPSA) is 33.5 Å². The van der Waals surface area contributed by atoms with Crippen LogP contribution in [0.3, 0.4) is 0 Å². The number of halogens is 1. The van der Waals surface area contributed by atoms with Gasteiger partial charge in [-0.25, -0.2) is 0 Å². The molecule has 0 unspecified atom stereocenters. The molecule has 120 valence electrons. The first-order chi connectivity index (χ1) is 11.1. The zero-order valence-corrected chi connectivity index (χ0v) is 15.0. The van der Waals surface area contributed by atoms with Gasteiger partial charge in [-0.2, -0.15) is 0 Å². The Bertz CT molecular complexity index is 668. The molecule has 0 saturated carbocycles. The first-order valence-corrected chi connectivity index (χ1v) is 8.42. The lowest BCUT2D eigenvalue weighted by Gasteiger charge is -2.20. The molecule has 0 aliphatic rings. The van der Waals surface area contributed by atoms with Crippen molar-refractivity contribution in [2.75, 3.05) is 20.6 Å². The van der Waals surface area contributed by atoms with Crippen LogP contribution >= 0.6 is 15.9 Å². The number of hydrogen-bond acceptors (Lipinski definition) is 1. The Balaban J connectivity index is 2.07. The van der Waals surface area contributed by atoms with E-state index in [9.17, 15) is 4.79 Å². The normalized spacial score (nSPS) is 12.5. The first-order valence-electron chi connectivity index (χ1n) is 7.63. The molecule has 2 N–H and O–H groups in total. The lowest BCUT2D eigenvalue weighted by molar-refractivity contribution is -0.860. The van der Waals surface area contributed by atoms with E-state index in [0.717, 1.165) is 22.1 Å². The number of benzene rings is 2. The van der Waals surface area contributed by atoms with Gasteiger partial charge in [-0.15, -0.1) is 0 Å². The van der Waals surface area contributed by atoms with Gasteiger partial charge in [-0.05, 0) is 23.3 Å². The second-order valence-corrected chi connectivity index (χ2v) is 6.59. The highest BCUT2D eigenvalue weighted by Crippen LogP contribution is 2.17. The van der Waals surface area contributed by atoms with E-state index in [1.165, 1.54) is 4.90 Å². The van der Waals surface area contributed by atoms with Gasteiger partial charge >= 0.3 is 0 Å². The predicted molar refractivity (Wildman–Crippen MR) is 98.2 cm³/mol. The van der Waals surface area contributed by atoms with E-state index < -0.39 is 0 Å². The zero-order chi connectivity index (χ0) is 16.7. The van der Waals surface area contributed by atoms with Crippen LogP contribution in [0.4, 0.5) is 0 Å². The molecule has 0 saturated heterocycles. The van der Waals surface area contributed by atoms with Gasteiger partial charge < -0.3 is 10.2 Å². The lowest BCUT2D eigenvalue weighted by atomic mass is 10.1. The van der Waals surface area contributed by atoms with Crippen LogP contribution in [0.5, 0.6) is 0 Å². The molecule has 0 radical (unpaired) electrons. The number of likely N-dealkylation sites (N-methyl/N-ethyl adjacent to an activating group) is 1. The van der Waals surface area contributed by atoms with Gasteiger partial charge in [-0.3, -0.25) is 4.79 Å². The van der Waals surface area contributed by atoms with Gasteiger partial charge in [0.2, 0.25) is 5.91 Å². The molecule has 0 heterocycles. The van der Waals surface area contributed by atoms with E-state index in [2.05, 4.69) is 35.3 Å². The van der Waals surface area contributed by atoms with Crippen molar-refractivity contribution in [3.8, 4) is 0 Å². The van der Waals surface area contributed by atoms with Crippen molar-refractivity contribution in [1.29, 1.82) is 0 Å². The summed E-state index contributed by atoms with van der Waals surface area (Å²) >= 11 is 3.48. The summed E-state index contributed by atoms with van der Waals surface area (Å²) in [6, 6.07) is 17.9. The molecule has 3 nitrogen and oxygen atoms in total. The van der Waals surface area contributed by atoms with E-state index in [0.29, 0.717) is 0 Å². The Morgan fingerprint density at radius 1 is 1.13 bits per heavy atom. The minimum atomic E-state index is -0.0872. The van der Waals surface area contributed by atoms with Gasteiger partial charge in [0.05, 0.1) is 14.1 Å². The summed E-state index contributed by atoms with van der Waals surface area (Å²) in [6.45, 7) is 0.832. The van der Waals surface area contributed by atoms with Crippen LogP contribution in [0.2, 0.25) is 0 Å². The molecule has 0 aliphatic heterocycles. The maximum Gasteiger partial charge on any atom is 0.244 e. The molecular weight excluding hydrogens is 352 g/mol. The molecule has 2 aromatic carbocycles. The molecular formula is C19H22BrN2O+. The van der Waals surface area contributed by atoms with E-state index in [1.54, 1.807) is 6.08 Å². The Hall–Kier alpha value is -1.91. The van der Waals surface area contributed by atoms with Crippen LogP contribution < -0.4 is 10.2 Å². The molecule has 23 heavy (non-hydrogen) atoms.